The normalized spacial score (nSPS) is 31.8. The van der Waals surface area contributed by atoms with Gasteiger partial charge in [-0.3, -0.25) is 0 Å². The molecular formula is C15H25N3S. The van der Waals surface area contributed by atoms with E-state index in [1.807, 2.05) is 11.3 Å². The van der Waals surface area contributed by atoms with Crippen molar-refractivity contribution in [3.05, 3.63) is 22.4 Å². The number of piperidine rings is 1. The minimum absolute atomic E-state index is 0.513. The van der Waals surface area contributed by atoms with Crippen LogP contribution in [0.5, 0.6) is 0 Å². The largest absolute Gasteiger partial charge is 0.312 e. The second-order valence-electron chi connectivity index (χ2n) is 6.15. The van der Waals surface area contributed by atoms with E-state index in [1.54, 1.807) is 0 Å². The molecule has 0 saturated carbocycles. The lowest BCUT2D eigenvalue weighted by Crippen LogP contribution is -2.46. The van der Waals surface area contributed by atoms with Crippen LogP contribution in [0.15, 0.2) is 17.5 Å². The maximum absolute atomic E-state index is 3.86. The van der Waals surface area contributed by atoms with Gasteiger partial charge in [0, 0.05) is 24.0 Å². The second-order valence-corrected chi connectivity index (χ2v) is 7.13. The number of nitrogens with one attached hydrogen (secondary N) is 1. The molecule has 3 rings (SSSR count). The van der Waals surface area contributed by atoms with E-state index in [4.69, 9.17) is 0 Å². The SMILES string of the molecule is CN(C)C(CNC1CCN2CCC1C2)c1cccs1. The standard InChI is InChI=1S/C15H25N3S/c1-17(2)14(15-4-3-9-19-15)10-16-13-6-8-18-7-5-12(13)11-18/h3-4,9,12-14,16H,5-8,10-11H2,1-2H3. The number of hydrogen-bond donors (Lipinski definition) is 1. The van der Waals surface area contributed by atoms with E-state index >= 15 is 0 Å². The first kappa shape index (κ1) is 13.6. The van der Waals surface area contributed by atoms with E-state index in [-0.39, 0.29) is 0 Å². The molecule has 1 aromatic rings. The van der Waals surface area contributed by atoms with Gasteiger partial charge in [0.15, 0.2) is 0 Å². The van der Waals surface area contributed by atoms with Gasteiger partial charge in [0.25, 0.3) is 0 Å². The molecule has 2 saturated heterocycles. The molecule has 1 N–H and O–H groups in total. The van der Waals surface area contributed by atoms with Crippen molar-refractivity contribution in [3.8, 4) is 0 Å². The fourth-order valence-corrected chi connectivity index (χ4v) is 4.42. The van der Waals surface area contributed by atoms with Crippen LogP contribution >= 0.6 is 11.3 Å². The monoisotopic (exact) mass is 279 g/mol. The smallest absolute Gasteiger partial charge is 0.0561 e. The van der Waals surface area contributed by atoms with E-state index in [0.29, 0.717) is 6.04 Å². The number of nitrogens with zero attached hydrogens (tertiary/aromatic N) is 2. The Kier molecular flexibility index (Phi) is 4.22. The van der Waals surface area contributed by atoms with Crippen molar-refractivity contribution in [1.82, 2.24) is 15.1 Å². The zero-order chi connectivity index (χ0) is 13.2. The van der Waals surface area contributed by atoms with Gasteiger partial charge in [0.1, 0.15) is 0 Å². The van der Waals surface area contributed by atoms with Crippen molar-refractivity contribution in [1.29, 1.82) is 0 Å². The second kappa shape index (κ2) is 5.92. The molecule has 4 heteroatoms. The number of likely N-dealkylation sites (N-methyl/N-ethyl adjacent to an activating group) is 1. The number of thiophene rings is 1. The summed E-state index contributed by atoms with van der Waals surface area (Å²) < 4.78 is 0. The average Bonchev–Trinajstić information content (AvgIpc) is 3.02. The molecular weight excluding hydrogens is 254 g/mol. The lowest BCUT2D eigenvalue weighted by atomic mass is 9.94. The minimum Gasteiger partial charge on any atom is -0.312 e. The molecule has 0 radical (unpaired) electrons. The van der Waals surface area contributed by atoms with E-state index < -0.39 is 0 Å². The summed E-state index contributed by atoms with van der Waals surface area (Å²) >= 11 is 1.87. The minimum atomic E-state index is 0.513. The highest BCUT2D eigenvalue weighted by atomic mass is 32.1. The van der Waals surface area contributed by atoms with Gasteiger partial charge < -0.3 is 15.1 Å². The first-order valence-electron chi connectivity index (χ1n) is 7.39. The van der Waals surface area contributed by atoms with Gasteiger partial charge in [0.2, 0.25) is 0 Å². The molecule has 0 aliphatic carbocycles. The summed E-state index contributed by atoms with van der Waals surface area (Å²) in [7, 11) is 4.37. The summed E-state index contributed by atoms with van der Waals surface area (Å²) in [6.07, 6.45) is 2.72. The summed E-state index contributed by atoms with van der Waals surface area (Å²) in [4.78, 5) is 6.43. The van der Waals surface area contributed by atoms with Gasteiger partial charge in [0.05, 0.1) is 6.04 Å². The molecule has 2 bridgehead atoms. The van der Waals surface area contributed by atoms with E-state index in [1.165, 1.54) is 37.4 Å². The topological polar surface area (TPSA) is 18.5 Å². The molecule has 1 aromatic heterocycles. The summed E-state index contributed by atoms with van der Waals surface area (Å²) in [6.45, 7) is 5.02. The summed E-state index contributed by atoms with van der Waals surface area (Å²) in [5.74, 6) is 0.889. The molecule has 19 heavy (non-hydrogen) atoms. The first-order chi connectivity index (χ1) is 9.24. The number of rotatable bonds is 5. The predicted molar refractivity (Wildman–Crippen MR) is 81.7 cm³/mol. The predicted octanol–water partition coefficient (Wildman–Crippen LogP) is 2.03. The summed E-state index contributed by atoms with van der Waals surface area (Å²) in [5, 5.41) is 6.04. The summed E-state index contributed by atoms with van der Waals surface area (Å²) in [5.41, 5.74) is 0. The van der Waals surface area contributed by atoms with Crippen LogP contribution in [0.25, 0.3) is 0 Å². The van der Waals surface area contributed by atoms with Crippen molar-refractivity contribution in [2.75, 3.05) is 40.3 Å². The molecule has 0 amide bonds. The van der Waals surface area contributed by atoms with Crippen LogP contribution in [0.1, 0.15) is 23.8 Å². The van der Waals surface area contributed by atoms with Crippen LogP contribution in [0.3, 0.4) is 0 Å². The van der Waals surface area contributed by atoms with Crippen LogP contribution in [0.4, 0.5) is 0 Å². The zero-order valence-corrected chi connectivity index (χ0v) is 12.8. The quantitative estimate of drug-likeness (QED) is 0.890. The Morgan fingerprint density at radius 2 is 2.26 bits per heavy atom. The third-order valence-electron chi connectivity index (χ3n) is 4.70. The van der Waals surface area contributed by atoms with Crippen molar-refractivity contribution >= 4 is 11.3 Å². The van der Waals surface area contributed by atoms with Gasteiger partial charge in [-0.05, 0) is 57.4 Å². The number of fused-ring (bicyclic) bond motifs is 2. The van der Waals surface area contributed by atoms with Crippen molar-refractivity contribution in [2.24, 2.45) is 5.92 Å². The van der Waals surface area contributed by atoms with E-state index in [9.17, 15) is 0 Å². The highest BCUT2D eigenvalue weighted by molar-refractivity contribution is 7.10. The lowest BCUT2D eigenvalue weighted by Gasteiger charge is -2.33. The molecule has 0 spiro atoms. The van der Waals surface area contributed by atoms with Gasteiger partial charge in [-0.25, -0.2) is 0 Å². The lowest BCUT2D eigenvalue weighted by molar-refractivity contribution is 0.204. The first-order valence-corrected chi connectivity index (χ1v) is 8.27. The molecule has 2 fully saturated rings. The third-order valence-corrected chi connectivity index (χ3v) is 5.68. The Morgan fingerprint density at radius 3 is 3.00 bits per heavy atom. The van der Waals surface area contributed by atoms with Crippen LogP contribution in [-0.2, 0) is 0 Å². The Bertz CT molecular complexity index is 390. The van der Waals surface area contributed by atoms with Gasteiger partial charge in [-0.1, -0.05) is 6.07 Å². The third kappa shape index (κ3) is 3.02. The fourth-order valence-electron chi connectivity index (χ4n) is 3.50. The summed E-state index contributed by atoms with van der Waals surface area (Å²) in [6, 6.07) is 5.67. The van der Waals surface area contributed by atoms with E-state index in [0.717, 1.165) is 18.5 Å². The highest BCUT2D eigenvalue weighted by Gasteiger charge is 2.34. The van der Waals surface area contributed by atoms with Crippen molar-refractivity contribution in [3.63, 3.8) is 0 Å². The van der Waals surface area contributed by atoms with Crippen LogP contribution in [0, 0.1) is 5.92 Å². The molecule has 2 aliphatic heterocycles. The van der Waals surface area contributed by atoms with Gasteiger partial charge in [-0.2, -0.15) is 0 Å². The van der Waals surface area contributed by atoms with Crippen LogP contribution in [-0.4, -0.2) is 56.1 Å². The Balaban J connectivity index is 1.58. The maximum atomic E-state index is 3.86. The fraction of sp³-hybridized carbons (Fsp3) is 0.733. The van der Waals surface area contributed by atoms with E-state index in [2.05, 4.69) is 46.7 Å². The molecule has 4 atom stereocenters. The highest BCUT2D eigenvalue weighted by Crippen LogP contribution is 2.28. The van der Waals surface area contributed by atoms with Crippen molar-refractivity contribution < 1.29 is 0 Å². The molecule has 3 heterocycles. The Morgan fingerprint density at radius 1 is 1.42 bits per heavy atom. The molecule has 2 aliphatic rings. The van der Waals surface area contributed by atoms with Gasteiger partial charge in [-0.15, -0.1) is 11.3 Å². The van der Waals surface area contributed by atoms with Gasteiger partial charge >= 0.3 is 0 Å². The molecule has 4 unspecified atom stereocenters. The maximum Gasteiger partial charge on any atom is 0.0561 e. The Hall–Kier alpha value is -0.420. The number of hydrogen-bond acceptors (Lipinski definition) is 4. The molecule has 3 nitrogen and oxygen atoms in total. The van der Waals surface area contributed by atoms with Crippen molar-refractivity contribution in [2.45, 2.75) is 24.9 Å². The van der Waals surface area contributed by atoms with Crippen LogP contribution < -0.4 is 5.32 Å². The zero-order valence-electron chi connectivity index (χ0n) is 12.0. The average molecular weight is 279 g/mol. The molecule has 106 valence electrons. The molecule has 0 aromatic carbocycles. The van der Waals surface area contributed by atoms with Crippen LogP contribution in [0.2, 0.25) is 0 Å². The Labute approximate surface area is 120 Å².